The molecule has 1 aromatic heterocycles. The molecule has 0 spiro atoms. The first kappa shape index (κ1) is 12.3. The molecular weight excluding hydrogens is 235 g/mol. The summed E-state index contributed by atoms with van der Waals surface area (Å²) in [5.74, 6) is -0.767. The van der Waals surface area contributed by atoms with E-state index in [2.05, 4.69) is 10.4 Å². The van der Waals surface area contributed by atoms with E-state index in [1.807, 2.05) is 0 Å². The Balaban J connectivity index is 2.18. The van der Waals surface area contributed by atoms with E-state index in [0.717, 1.165) is 0 Å². The SMILES string of the molecule is Cn1cc(C(=O)Nc2cc(F)cc(CN)c2)cn1. The molecule has 0 unspecified atom stereocenters. The fourth-order valence-electron chi connectivity index (χ4n) is 1.58. The van der Waals surface area contributed by atoms with Gasteiger partial charge in [0.05, 0.1) is 11.8 Å². The van der Waals surface area contributed by atoms with Crippen LogP contribution in [0, 0.1) is 5.82 Å². The van der Waals surface area contributed by atoms with Crippen LogP contribution in [-0.4, -0.2) is 15.7 Å². The molecule has 18 heavy (non-hydrogen) atoms. The van der Waals surface area contributed by atoms with Crippen LogP contribution in [0.25, 0.3) is 0 Å². The van der Waals surface area contributed by atoms with E-state index in [1.165, 1.54) is 23.0 Å². The topological polar surface area (TPSA) is 72.9 Å². The van der Waals surface area contributed by atoms with Crippen LogP contribution in [0.1, 0.15) is 15.9 Å². The summed E-state index contributed by atoms with van der Waals surface area (Å²) in [7, 11) is 1.71. The predicted octanol–water partition coefficient (Wildman–Crippen LogP) is 1.27. The molecule has 0 bridgehead atoms. The van der Waals surface area contributed by atoms with Crippen LogP contribution in [0.15, 0.2) is 30.6 Å². The lowest BCUT2D eigenvalue weighted by atomic mass is 10.2. The summed E-state index contributed by atoms with van der Waals surface area (Å²) in [4.78, 5) is 11.8. The summed E-state index contributed by atoms with van der Waals surface area (Å²) >= 11 is 0. The molecule has 0 aliphatic carbocycles. The number of anilines is 1. The molecule has 94 valence electrons. The summed E-state index contributed by atoms with van der Waals surface area (Å²) in [6, 6.07) is 4.21. The van der Waals surface area contributed by atoms with Crippen LogP contribution in [0.4, 0.5) is 10.1 Å². The highest BCUT2D eigenvalue weighted by Gasteiger charge is 2.09. The number of nitrogens with two attached hydrogens (primary N) is 1. The van der Waals surface area contributed by atoms with Crippen molar-refractivity contribution in [3.8, 4) is 0 Å². The second-order valence-corrected chi connectivity index (χ2v) is 3.91. The highest BCUT2D eigenvalue weighted by atomic mass is 19.1. The van der Waals surface area contributed by atoms with Crippen molar-refractivity contribution in [2.45, 2.75) is 6.54 Å². The number of hydrogen-bond donors (Lipinski definition) is 2. The van der Waals surface area contributed by atoms with E-state index in [1.54, 1.807) is 19.3 Å². The summed E-state index contributed by atoms with van der Waals surface area (Å²) in [5, 5.41) is 6.49. The molecule has 0 saturated carbocycles. The van der Waals surface area contributed by atoms with Crippen molar-refractivity contribution in [1.29, 1.82) is 0 Å². The van der Waals surface area contributed by atoms with Gasteiger partial charge >= 0.3 is 0 Å². The second-order valence-electron chi connectivity index (χ2n) is 3.91. The van der Waals surface area contributed by atoms with Gasteiger partial charge in [-0.25, -0.2) is 4.39 Å². The number of rotatable bonds is 3. The number of benzene rings is 1. The number of amides is 1. The highest BCUT2D eigenvalue weighted by molar-refractivity contribution is 6.03. The van der Waals surface area contributed by atoms with Crippen LogP contribution < -0.4 is 11.1 Å². The van der Waals surface area contributed by atoms with E-state index < -0.39 is 5.82 Å². The maximum atomic E-state index is 13.2. The molecule has 0 saturated heterocycles. The summed E-state index contributed by atoms with van der Waals surface area (Å²) < 4.78 is 14.8. The molecule has 1 heterocycles. The molecule has 2 aromatic rings. The Labute approximate surface area is 103 Å². The van der Waals surface area contributed by atoms with E-state index in [0.29, 0.717) is 16.8 Å². The quantitative estimate of drug-likeness (QED) is 0.859. The van der Waals surface area contributed by atoms with E-state index in [-0.39, 0.29) is 12.5 Å². The summed E-state index contributed by atoms with van der Waals surface area (Å²) in [5.41, 5.74) is 6.85. The average molecular weight is 248 g/mol. The molecule has 1 aromatic carbocycles. The van der Waals surface area contributed by atoms with Gasteiger partial charge in [0.15, 0.2) is 0 Å². The first-order valence-corrected chi connectivity index (χ1v) is 5.38. The number of carbonyl (C=O) groups excluding carboxylic acids is 1. The Hall–Kier alpha value is -2.21. The number of halogens is 1. The van der Waals surface area contributed by atoms with Crippen molar-refractivity contribution in [3.63, 3.8) is 0 Å². The van der Waals surface area contributed by atoms with Gasteiger partial charge in [0.2, 0.25) is 0 Å². The number of hydrogen-bond acceptors (Lipinski definition) is 3. The number of nitrogens with zero attached hydrogens (tertiary/aromatic N) is 2. The number of nitrogens with one attached hydrogen (secondary N) is 1. The summed E-state index contributed by atoms with van der Waals surface area (Å²) in [6.45, 7) is 0.216. The molecule has 6 heteroatoms. The minimum atomic E-state index is -0.431. The van der Waals surface area contributed by atoms with Gasteiger partial charge < -0.3 is 11.1 Å². The molecule has 0 aliphatic heterocycles. The molecule has 1 amide bonds. The van der Waals surface area contributed by atoms with Crippen molar-refractivity contribution >= 4 is 11.6 Å². The van der Waals surface area contributed by atoms with Gasteiger partial charge in [-0.2, -0.15) is 5.10 Å². The largest absolute Gasteiger partial charge is 0.326 e. The fraction of sp³-hybridized carbons (Fsp3) is 0.167. The first-order valence-electron chi connectivity index (χ1n) is 5.38. The fourth-order valence-corrected chi connectivity index (χ4v) is 1.58. The van der Waals surface area contributed by atoms with Crippen LogP contribution in [0.5, 0.6) is 0 Å². The van der Waals surface area contributed by atoms with E-state index in [9.17, 15) is 9.18 Å². The lowest BCUT2D eigenvalue weighted by Gasteiger charge is -2.06. The molecule has 0 fully saturated rings. The molecule has 0 atom stereocenters. The van der Waals surface area contributed by atoms with Crippen LogP contribution >= 0.6 is 0 Å². The zero-order valence-corrected chi connectivity index (χ0v) is 9.85. The lowest BCUT2D eigenvalue weighted by molar-refractivity contribution is 0.102. The Kier molecular flexibility index (Phi) is 3.38. The number of aromatic nitrogens is 2. The van der Waals surface area contributed by atoms with Crippen molar-refractivity contribution < 1.29 is 9.18 Å². The van der Waals surface area contributed by atoms with Crippen LogP contribution in [0.3, 0.4) is 0 Å². The third-order valence-corrected chi connectivity index (χ3v) is 2.42. The maximum Gasteiger partial charge on any atom is 0.258 e. The third-order valence-electron chi connectivity index (χ3n) is 2.42. The lowest BCUT2D eigenvalue weighted by Crippen LogP contribution is -2.12. The highest BCUT2D eigenvalue weighted by Crippen LogP contribution is 2.14. The third kappa shape index (κ3) is 2.72. The van der Waals surface area contributed by atoms with Crippen molar-refractivity contribution in [2.75, 3.05) is 5.32 Å². The minimum Gasteiger partial charge on any atom is -0.326 e. The molecule has 0 aliphatic rings. The molecule has 5 nitrogen and oxygen atoms in total. The zero-order chi connectivity index (χ0) is 13.1. The molecule has 2 rings (SSSR count). The summed E-state index contributed by atoms with van der Waals surface area (Å²) in [6.07, 6.45) is 3.02. The van der Waals surface area contributed by atoms with Crippen LogP contribution in [0.2, 0.25) is 0 Å². The first-order chi connectivity index (χ1) is 8.58. The van der Waals surface area contributed by atoms with Crippen molar-refractivity contribution in [3.05, 3.63) is 47.5 Å². The van der Waals surface area contributed by atoms with Gasteiger partial charge in [0, 0.05) is 25.5 Å². The van der Waals surface area contributed by atoms with E-state index >= 15 is 0 Å². The molecule has 3 N–H and O–H groups in total. The van der Waals surface area contributed by atoms with Gasteiger partial charge in [0.25, 0.3) is 5.91 Å². The Bertz CT molecular complexity index is 579. The van der Waals surface area contributed by atoms with Gasteiger partial charge in [-0.15, -0.1) is 0 Å². The number of carbonyl (C=O) groups is 1. The normalized spacial score (nSPS) is 10.4. The van der Waals surface area contributed by atoms with Crippen molar-refractivity contribution in [2.24, 2.45) is 12.8 Å². The average Bonchev–Trinajstić information content (AvgIpc) is 2.75. The maximum absolute atomic E-state index is 13.2. The monoisotopic (exact) mass is 248 g/mol. The minimum absolute atomic E-state index is 0.216. The molecular formula is C12H13FN4O. The number of aryl methyl sites for hydroxylation is 1. The van der Waals surface area contributed by atoms with Crippen molar-refractivity contribution in [1.82, 2.24) is 9.78 Å². The predicted molar refractivity (Wildman–Crippen MR) is 65.5 cm³/mol. The second kappa shape index (κ2) is 4.97. The smallest absolute Gasteiger partial charge is 0.258 e. The van der Waals surface area contributed by atoms with Gasteiger partial charge in [-0.1, -0.05) is 0 Å². The standard InChI is InChI=1S/C12H13FN4O/c1-17-7-9(6-15-17)12(18)16-11-3-8(5-14)2-10(13)4-11/h2-4,6-7H,5,14H2,1H3,(H,16,18). The van der Waals surface area contributed by atoms with Gasteiger partial charge in [0.1, 0.15) is 5.82 Å². The zero-order valence-electron chi connectivity index (χ0n) is 9.85. The Morgan fingerprint density at radius 2 is 2.28 bits per heavy atom. The van der Waals surface area contributed by atoms with Gasteiger partial charge in [-0.3, -0.25) is 9.48 Å². The molecule has 0 radical (unpaired) electrons. The Morgan fingerprint density at radius 1 is 1.50 bits per heavy atom. The van der Waals surface area contributed by atoms with Crippen LogP contribution in [-0.2, 0) is 13.6 Å². The Morgan fingerprint density at radius 3 is 2.89 bits per heavy atom. The van der Waals surface area contributed by atoms with Gasteiger partial charge in [-0.05, 0) is 23.8 Å². The van der Waals surface area contributed by atoms with E-state index in [4.69, 9.17) is 5.73 Å².